The van der Waals surface area contributed by atoms with Crippen molar-refractivity contribution in [3.8, 4) is 0 Å². The third-order valence-electron chi connectivity index (χ3n) is 0.652. The number of rotatable bonds is 3. The molecule has 4 nitrogen and oxygen atoms in total. The molecule has 0 aromatic heterocycles. The summed E-state index contributed by atoms with van der Waals surface area (Å²) in [6.45, 7) is 0.215. The number of carbonyl (C=O) groups is 1. The molecule has 0 aliphatic carbocycles. The molecule has 0 aromatic carbocycles. The summed E-state index contributed by atoms with van der Waals surface area (Å²) in [6.07, 6.45) is 0.215. The fourth-order valence-corrected chi connectivity index (χ4v) is 0.244. The molecular formula is C3H8BNO3. The first-order valence-corrected chi connectivity index (χ1v) is 2.19. The Morgan fingerprint density at radius 3 is 2.75 bits per heavy atom. The summed E-state index contributed by atoms with van der Waals surface area (Å²) in [5.74, 6) is 4.31. The fourth-order valence-electron chi connectivity index (χ4n) is 0.244. The van der Waals surface area contributed by atoms with Gasteiger partial charge in [-0.3, -0.25) is 4.79 Å². The van der Waals surface area contributed by atoms with E-state index in [4.69, 9.17) is 0 Å². The van der Waals surface area contributed by atoms with Crippen molar-refractivity contribution in [3.05, 3.63) is 0 Å². The standard InChI is InChI=1S/C3H8BNO3/c4-8-3(6)1-2-7-5/h1-2,4-5H2. The Morgan fingerprint density at radius 1 is 1.75 bits per heavy atom. The van der Waals surface area contributed by atoms with Crippen LogP contribution in [0.25, 0.3) is 0 Å². The smallest absolute Gasteiger partial charge is 0.325 e. The molecule has 0 bridgehead atoms. The molecule has 0 amide bonds. The van der Waals surface area contributed by atoms with Gasteiger partial charge >= 0.3 is 8.05 Å². The Kier molecular flexibility index (Phi) is 4.30. The second kappa shape index (κ2) is 4.61. The summed E-state index contributed by atoms with van der Waals surface area (Å²) in [5, 5.41) is 0. The Balaban J connectivity index is 2.99. The molecule has 8 heavy (non-hydrogen) atoms. The van der Waals surface area contributed by atoms with Crippen LogP contribution in [0.4, 0.5) is 0 Å². The van der Waals surface area contributed by atoms with Crippen molar-refractivity contribution < 1.29 is 14.3 Å². The molecule has 0 saturated carbocycles. The van der Waals surface area contributed by atoms with Crippen molar-refractivity contribution in [1.82, 2.24) is 0 Å². The lowest BCUT2D eigenvalue weighted by atomic mass is 10.4. The molecule has 0 aliphatic heterocycles. The van der Waals surface area contributed by atoms with Crippen molar-refractivity contribution in [3.63, 3.8) is 0 Å². The summed E-state index contributed by atoms with van der Waals surface area (Å²) >= 11 is 0. The van der Waals surface area contributed by atoms with Crippen molar-refractivity contribution in [2.75, 3.05) is 6.61 Å². The molecule has 0 heterocycles. The second-order valence-corrected chi connectivity index (χ2v) is 1.20. The van der Waals surface area contributed by atoms with E-state index in [1.807, 2.05) is 0 Å². The van der Waals surface area contributed by atoms with Gasteiger partial charge in [-0.1, -0.05) is 0 Å². The Labute approximate surface area is 48.3 Å². The van der Waals surface area contributed by atoms with Gasteiger partial charge in [0, 0.05) is 0 Å². The molecule has 0 radical (unpaired) electrons. The quantitative estimate of drug-likeness (QED) is 0.355. The molecule has 46 valence electrons. The highest BCUT2D eigenvalue weighted by Crippen LogP contribution is 1.80. The van der Waals surface area contributed by atoms with Crippen LogP contribution in [0.5, 0.6) is 0 Å². The molecule has 5 heteroatoms. The van der Waals surface area contributed by atoms with Crippen LogP contribution in [0.2, 0.25) is 0 Å². The Bertz CT molecular complexity index is 76.9. The maximum absolute atomic E-state index is 10.2. The van der Waals surface area contributed by atoms with Crippen LogP contribution in [-0.2, 0) is 14.3 Å². The maximum Gasteiger partial charge on any atom is 0.325 e. The number of carbonyl (C=O) groups excluding carboxylic acids is 1. The van der Waals surface area contributed by atoms with E-state index < -0.39 is 0 Å². The first kappa shape index (κ1) is 7.45. The van der Waals surface area contributed by atoms with Crippen LogP contribution in [0.1, 0.15) is 6.42 Å². The van der Waals surface area contributed by atoms with Crippen LogP contribution in [0.15, 0.2) is 0 Å². The van der Waals surface area contributed by atoms with Gasteiger partial charge in [-0.15, -0.1) is 0 Å². The molecule has 0 rings (SSSR count). The minimum absolute atomic E-state index is 0.215. The number of hydrogen-bond acceptors (Lipinski definition) is 4. The third kappa shape index (κ3) is 3.64. The molecule has 0 unspecified atom stereocenters. The summed E-state index contributed by atoms with van der Waals surface area (Å²) in [6, 6.07) is 0. The number of nitrogens with two attached hydrogens (primary N) is 1. The van der Waals surface area contributed by atoms with E-state index in [0.717, 1.165) is 0 Å². The van der Waals surface area contributed by atoms with Gasteiger partial charge < -0.3 is 9.49 Å². The molecule has 0 atom stereocenters. The van der Waals surface area contributed by atoms with E-state index in [1.165, 1.54) is 8.05 Å². The highest BCUT2D eigenvalue weighted by atomic mass is 16.6. The van der Waals surface area contributed by atoms with Crippen LogP contribution in [0.3, 0.4) is 0 Å². The van der Waals surface area contributed by atoms with Crippen LogP contribution < -0.4 is 5.90 Å². The zero-order valence-corrected chi connectivity index (χ0v) is 4.72. The van der Waals surface area contributed by atoms with Crippen molar-refractivity contribution in [1.29, 1.82) is 0 Å². The number of hydrogen-bond donors (Lipinski definition) is 1. The fraction of sp³-hybridized carbons (Fsp3) is 0.667. The van der Waals surface area contributed by atoms with E-state index in [-0.39, 0.29) is 19.0 Å². The monoisotopic (exact) mass is 117 g/mol. The van der Waals surface area contributed by atoms with Crippen molar-refractivity contribution >= 4 is 14.0 Å². The van der Waals surface area contributed by atoms with Crippen molar-refractivity contribution in [2.45, 2.75) is 6.42 Å². The summed E-state index contributed by atoms with van der Waals surface area (Å²) in [5.41, 5.74) is 0. The minimum Gasteiger partial charge on any atom is -0.543 e. The molecule has 0 aromatic rings. The Morgan fingerprint density at radius 2 is 2.38 bits per heavy atom. The zero-order chi connectivity index (χ0) is 6.41. The van der Waals surface area contributed by atoms with Gasteiger partial charge in [-0.2, -0.15) is 0 Å². The molecule has 2 N–H and O–H groups in total. The summed E-state index contributed by atoms with van der Waals surface area (Å²) in [7, 11) is 1.32. The molecule has 0 fully saturated rings. The highest BCUT2D eigenvalue weighted by Gasteiger charge is 1.95. The topological polar surface area (TPSA) is 61.5 Å². The van der Waals surface area contributed by atoms with Gasteiger partial charge in [0.1, 0.15) is 0 Å². The van der Waals surface area contributed by atoms with Gasteiger partial charge in [-0.25, -0.2) is 5.90 Å². The second-order valence-electron chi connectivity index (χ2n) is 1.20. The predicted octanol–water partition coefficient (Wildman–Crippen LogP) is -1.64. The minimum atomic E-state index is -0.310. The van der Waals surface area contributed by atoms with E-state index in [9.17, 15) is 4.79 Å². The normalized spacial score (nSPS) is 8.62. The lowest BCUT2D eigenvalue weighted by Gasteiger charge is -1.95. The SMILES string of the molecule is BOC(=O)CCON. The van der Waals surface area contributed by atoms with E-state index >= 15 is 0 Å². The van der Waals surface area contributed by atoms with Gasteiger partial charge in [-0.05, 0) is 0 Å². The highest BCUT2D eigenvalue weighted by molar-refractivity contribution is 6.05. The molecular weight excluding hydrogens is 109 g/mol. The van der Waals surface area contributed by atoms with Gasteiger partial charge in [0.2, 0.25) is 0 Å². The van der Waals surface area contributed by atoms with Gasteiger partial charge in [0.05, 0.1) is 13.0 Å². The molecule has 0 spiro atoms. The summed E-state index contributed by atoms with van der Waals surface area (Å²) in [4.78, 5) is 14.3. The van der Waals surface area contributed by atoms with E-state index in [2.05, 4.69) is 15.4 Å². The largest absolute Gasteiger partial charge is 0.543 e. The average Bonchev–Trinajstić information content (AvgIpc) is 1.83. The van der Waals surface area contributed by atoms with Gasteiger partial charge in [0.15, 0.2) is 0 Å². The average molecular weight is 117 g/mol. The first-order valence-electron chi connectivity index (χ1n) is 2.19. The van der Waals surface area contributed by atoms with Crippen LogP contribution >= 0.6 is 0 Å². The first-order chi connectivity index (χ1) is 3.81. The Hall–Kier alpha value is -0.545. The lowest BCUT2D eigenvalue weighted by Crippen LogP contribution is -2.08. The van der Waals surface area contributed by atoms with Crippen LogP contribution in [-0.4, -0.2) is 20.6 Å². The predicted molar refractivity (Wildman–Crippen MR) is 29.4 cm³/mol. The van der Waals surface area contributed by atoms with Crippen molar-refractivity contribution in [2.24, 2.45) is 5.90 Å². The lowest BCUT2D eigenvalue weighted by molar-refractivity contribution is -0.135. The maximum atomic E-state index is 10.2. The van der Waals surface area contributed by atoms with Gasteiger partial charge in [0.25, 0.3) is 5.97 Å². The van der Waals surface area contributed by atoms with E-state index in [1.54, 1.807) is 0 Å². The molecule has 0 aliphatic rings. The van der Waals surface area contributed by atoms with Crippen LogP contribution in [0, 0.1) is 0 Å². The molecule has 0 saturated heterocycles. The third-order valence-corrected chi connectivity index (χ3v) is 0.652. The van der Waals surface area contributed by atoms with E-state index in [0.29, 0.717) is 0 Å². The summed E-state index contributed by atoms with van der Waals surface area (Å²) < 4.78 is 4.28. The zero-order valence-electron chi connectivity index (χ0n) is 4.72.